The Bertz CT molecular complexity index is 1020. The van der Waals surface area contributed by atoms with Crippen LogP contribution in [0.5, 0.6) is 17.2 Å². The van der Waals surface area contributed by atoms with E-state index in [1.807, 2.05) is 44.2 Å². The maximum Gasteiger partial charge on any atom is 0.348 e. The van der Waals surface area contributed by atoms with E-state index in [1.165, 1.54) is 12.8 Å². The molecule has 2 fully saturated rings. The first kappa shape index (κ1) is 25.3. The molecule has 1 saturated heterocycles. The van der Waals surface area contributed by atoms with Crippen molar-refractivity contribution in [3.05, 3.63) is 41.5 Å². The predicted octanol–water partition coefficient (Wildman–Crippen LogP) is 5.54. The number of aliphatic carboxylic acids is 1. The quantitative estimate of drug-likeness (QED) is 0.474. The molecule has 7 heteroatoms. The molecule has 0 bridgehead atoms. The molecule has 0 radical (unpaired) electrons. The van der Waals surface area contributed by atoms with E-state index in [-0.39, 0.29) is 6.10 Å². The molecule has 1 saturated carbocycles. The Labute approximate surface area is 207 Å². The zero-order valence-electron chi connectivity index (χ0n) is 20.9. The van der Waals surface area contributed by atoms with Crippen LogP contribution in [0.2, 0.25) is 0 Å². The normalized spacial score (nSPS) is 17.8. The molecule has 4 rings (SSSR count). The molecule has 0 spiro atoms. The van der Waals surface area contributed by atoms with Crippen LogP contribution in [0.1, 0.15) is 56.6 Å². The molecule has 1 aliphatic heterocycles. The second-order valence-corrected chi connectivity index (χ2v) is 9.28. The second kappa shape index (κ2) is 11.3. The van der Waals surface area contributed by atoms with Gasteiger partial charge in [0.25, 0.3) is 0 Å². The summed E-state index contributed by atoms with van der Waals surface area (Å²) in [6, 6.07) is 9.74. The maximum absolute atomic E-state index is 12.1. The molecule has 35 heavy (non-hydrogen) atoms. The van der Waals surface area contributed by atoms with Gasteiger partial charge in [0.15, 0.2) is 0 Å². The highest BCUT2D eigenvalue weighted by Crippen LogP contribution is 2.38. The van der Waals surface area contributed by atoms with E-state index in [2.05, 4.69) is 0 Å². The molecule has 2 aromatic carbocycles. The highest BCUT2D eigenvalue weighted by atomic mass is 16.5. The van der Waals surface area contributed by atoms with Crippen LogP contribution in [-0.2, 0) is 20.9 Å². The molecule has 190 valence electrons. The summed E-state index contributed by atoms with van der Waals surface area (Å²) in [5.41, 5.74) is 2.54. The molecule has 0 amide bonds. The average molecular weight is 485 g/mol. The van der Waals surface area contributed by atoms with Crippen molar-refractivity contribution in [2.45, 2.75) is 70.7 Å². The fourth-order valence-corrected chi connectivity index (χ4v) is 4.92. The summed E-state index contributed by atoms with van der Waals surface area (Å²) in [5, 5.41) is 9.93. The first-order valence-electron chi connectivity index (χ1n) is 12.5. The third-order valence-electron chi connectivity index (χ3n) is 7.00. The highest BCUT2D eigenvalue weighted by Gasteiger charge is 2.43. The van der Waals surface area contributed by atoms with Crippen molar-refractivity contribution in [2.75, 3.05) is 26.9 Å². The first-order valence-corrected chi connectivity index (χ1v) is 12.5. The summed E-state index contributed by atoms with van der Waals surface area (Å²) in [6.45, 7) is 5.64. The molecular weight excluding hydrogens is 448 g/mol. The van der Waals surface area contributed by atoms with Gasteiger partial charge < -0.3 is 28.8 Å². The van der Waals surface area contributed by atoms with Gasteiger partial charge in [-0.2, -0.15) is 0 Å². The second-order valence-electron chi connectivity index (χ2n) is 9.28. The number of ether oxygens (including phenoxy) is 5. The minimum atomic E-state index is -1.28. The van der Waals surface area contributed by atoms with Crippen LogP contribution in [0.4, 0.5) is 0 Å². The predicted molar refractivity (Wildman–Crippen MR) is 132 cm³/mol. The van der Waals surface area contributed by atoms with Gasteiger partial charge in [0.05, 0.1) is 39.6 Å². The molecule has 2 aliphatic rings. The van der Waals surface area contributed by atoms with Gasteiger partial charge in [0.2, 0.25) is 5.60 Å². The van der Waals surface area contributed by atoms with Gasteiger partial charge in [-0.25, -0.2) is 4.79 Å². The van der Waals surface area contributed by atoms with Crippen LogP contribution in [0, 0.1) is 6.92 Å². The van der Waals surface area contributed by atoms with Crippen molar-refractivity contribution in [3.8, 4) is 28.4 Å². The Kier molecular flexibility index (Phi) is 8.19. The molecule has 2 aromatic rings. The van der Waals surface area contributed by atoms with E-state index < -0.39 is 11.6 Å². The first-order chi connectivity index (χ1) is 17.0. The van der Waals surface area contributed by atoms with Crippen LogP contribution in [0.3, 0.4) is 0 Å². The molecule has 0 atom stereocenters. The van der Waals surface area contributed by atoms with Gasteiger partial charge in [-0.15, -0.1) is 0 Å². The number of rotatable bonds is 10. The Morgan fingerprint density at radius 3 is 2.49 bits per heavy atom. The zero-order chi connectivity index (χ0) is 24.8. The van der Waals surface area contributed by atoms with Gasteiger partial charge in [-0.3, -0.25) is 0 Å². The third kappa shape index (κ3) is 5.73. The Hall–Kier alpha value is -2.77. The van der Waals surface area contributed by atoms with Crippen molar-refractivity contribution in [3.63, 3.8) is 0 Å². The van der Waals surface area contributed by atoms with Crippen LogP contribution in [0.15, 0.2) is 30.3 Å². The number of benzene rings is 2. The maximum atomic E-state index is 12.1. The fourth-order valence-electron chi connectivity index (χ4n) is 4.92. The van der Waals surface area contributed by atoms with Gasteiger partial charge in [0, 0.05) is 18.4 Å². The van der Waals surface area contributed by atoms with E-state index in [1.54, 1.807) is 7.11 Å². The lowest BCUT2D eigenvalue weighted by Crippen LogP contribution is -2.49. The smallest absolute Gasteiger partial charge is 0.348 e. The van der Waals surface area contributed by atoms with Gasteiger partial charge in [0.1, 0.15) is 17.2 Å². The molecule has 0 aromatic heterocycles. The van der Waals surface area contributed by atoms with Crippen LogP contribution in [0.25, 0.3) is 11.1 Å². The average Bonchev–Trinajstić information content (AvgIpc) is 3.38. The zero-order valence-corrected chi connectivity index (χ0v) is 20.9. The van der Waals surface area contributed by atoms with E-state index in [4.69, 9.17) is 23.7 Å². The van der Waals surface area contributed by atoms with Crippen molar-refractivity contribution in [1.29, 1.82) is 0 Å². The summed E-state index contributed by atoms with van der Waals surface area (Å²) in [6.07, 6.45) is 5.39. The van der Waals surface area contributed by atoms with Crippen LogP contribution in [-0.4, -0.2) is 49.7 Å². The molecular formula is C28H36O7. The number of carbonyl (C=O) groups is 1. The molecule has 0 unspecified atom stereocenters. The fraction of sp³-hybridized carbons (Fsp3) is 0.536. The Balaban J connectivity index is 1.71. The monoisotopic (exact) mass is 484 g/mol. The minimum absolute atomic E-state index is 0.250. The summed E-state index contributed by atoms with van der Waals surface area (Å²) < 4.78 is 29.3. The van der Waals surface area contributed by atoms with Crippen LogP contribution < -0.4 is 14.2 Å². The van der Waals surface area contributed by atoms with E-state index in [0.29, 0.717) is 45.0 Å². The Morgan fingerprint density at radius 2 is 1.83 bits per heavy atom. The van der Waals surface area contributed by atoms with Gasteiger partial charge in [-0.1, -0.05) is 18.9 Å². The Morgan fingerprint density at radius 1 is 1.11 bits per heavy atom. The largest absolute Gasteiger partial charge is 0.496 e. The van der Waals surface area contributed by atoms with Gasteiger partial charge in [-0.05, 0) is 67.6 Å². The van der Waals surface area contributed by atoms with Crippen molar-refractivity contribution >= 4 is 5.97 Å². The van der Waals surface area contributed by atoms with Crippen molar-refractivity contribution in [2.24, 2.45) is 0 Å². The standard InChI is InChI=1S/C28H36O7/c1-4-33-26-17-20(16-25(31-3)19(26)2)24-10-9-23(15-21(24)18-34-22-7-5-6-8-22)35-28(27(29)30)11-13-32-14-12-28/h9-10,15-17,22H,4-8,11-14,18H2,1-3H3,(H,29,30). The van der Waals surface area contributed by atoms with Gasteiger partial charge >= 0.3 is 5.97 Å². The summed E-state index contributed by atoms with van der Waals surface area (Å²) in [5.74, 6) is 1.09. The number of methoxy groups -OCH3 is 1. The number of hydrogen-bond acceptors (Lipinski definition) is 6. The van der Waals surface area contributed by atoms with E-state index in [9.17, 15) is 9.90 Å². The van der Waals surface area contributed by atoms with Crippen molar-refractivity contribution in [1.82, 2.24) is 0 Å². The summed E-state index contributed by atoms with van der Waals surface area (Å²) in [7, 11) is 1.65. The lowest BCUT2D eigenvalue weighted by atomic mass is 9.93. The SMILES string of the molecule is CCOc1cc(-c2ccc(OC3(C(=O)O)CCOCC3)cc2COC2CCCC2)cc(OC)c1C. The molecule has 1 aliphatic carbocycles. The minimum Gasteiger partial charge on any atom is -0.496 e. The summed E-state index contributed by atoms with van der Waals surface area (Å²) in [4.78, 5) is 12.1. The van der Waals surface area contributed by atoms with E-state index >= 15 is 0 Å². The lowest BCUT2D eigenvalue weighted by molar-refractivity contribution is -0.163. The topological polar surface area (TPSA) is 83.5 Å². The highest BCUT2D eigenvalue weighted by molar-refractivity contribution is 5.78. The number of carboxylic acid groups (broad SMARTS) is 1. The molecule has 7 nitrogen and oxygen atoms in total. The third-order valence-corrected chi connectivity index (χ3v) is 7.00. The number of carboxylic acids is 1. The lowest BCUT2D eigenvalue weighted by Gasteiger charge is -2.33. The van der Waals surface area contributed by atoms with Crippen molar-refractivity contribution < 1.29 is 33.6 Å². The number of hydrogen-bond donors (Lipinski definition) is 1. The molecule has 1 N–H and O–H groups in total. The van der Waals surface area contributed by atoms with Crippen LogP contribution >= 0.6 is 0 Å². The summed E-state index contributed by atoms with van der Waals surface area (Å²) >= 11 is 0. The molecule has 1 heterocycles. The van der Waals surface area contributed by atoms with E-state index in [0.717, 1.165) is 46.6 Å².